The van der Waals surface area contributed by atoms with E-state index in [0.29, 0.717) is 13.2 Å². The number of rotatable bonds is 11. The molecule has 0 aliphatic carbocycles. The lowest BCUT2D eigenvalue weighted by atomic mass is 10.3. The first-order valence-electron chi connectivity index (χ1n) is 7.16. The highest BCUT2D eigenvalue weighted by atomic mass is 79.9. The van der Waals surface area contributed by atoms with Gasteiger partial charge >= 0.3 is 0 Å². The lowest BCUT2D eigenvalue weighted by Crippen LogP contribution is -2.30. The third kappa shape index (κ3) is 7.23. The molecule has 23 heavy (non-hydrogen) atoms. The van der Waals surface area contributed by atoms with Crippen LogP contribution >= 0.6 is 15.9 Å². The highest BCUT2D eigenvalue weighted by Crippen LogP contribution is 2.22. The Morgan fingerprint density at radius 1 is 1.26 bits per heavy atom. The maximum absolute atomic E-state index is 13.0. The van der Waals surface area contributed by atoms with Crippen molar-refractivity contribution in [3.63, 3.8) is 0 Å². The standard InChI is InChI=1S/C14H21BrFNO5S/c1-3-21-14(22-4-2)10-20-8-7-17-23(18,19)13-6-5-11(16)9-12(13)15/h5-6,9,14,17H,3-4,7-8,10H2,1-2H3. The summed E-state index contributed by atoms with van der Waals surface area (Å²) < 4.78 is 55.7. The van der Waals surface area contributed by atoms with E-state index in [1.807, 2.05) is 13.8 Å². The number of hydrogen-bond acceptors (Lipinski definition) is 5. The molecular formula is C14H21BrFNO5S. The Morgan fingerprint density at radius 2 is 1.91 bits per heavy atom. The van der Waals surface area contributed by atoms with Gasteiger partial charge in [-0.05, 0) is 48.0 Å². The minimum atomic E-state index is -3.73. The van der Waals surface area contributed by atoms with Crippen molar-refractivity contribution in [1.29, 1.82) is 0 Å². The fraction of sp³-hybridized carbons (Fsp3) is 0.571. The van der Waals surface area contributed by atoms with Gasteiger partial charge in [0.1, 0.15) is 5.82 Å². The van der Waals surface area contributed by atoms with E-state index in [1.54, 1.807) is 0 Å². The summed E-state index contributed by atoms with van der Waals surface area (Å²) in [5.74, 6) is -0.517. The van der Waals surface area contributed by atoms with Crippen LogP contribution in [0.1, 0.15) is 13.8 Å². The average molecular weight is 414 g/mol. The molecule has 0 radical (unpaired) electrons. The zero-order valence-electron chi connectivity index (χ0n) is 13.1. The van der Waals surface area contributed by atoms with Gasteiger partial charge in [0, 0.05) is 24.2 Å². The minimum absolute atomic E-state index is 0.0274. The predicted molar refractivity (Wildman–Crippen MR) is 87.1 cm³/mol. The number of nitrogens with one attached hydrogen (secondary N) is 1. The largest absolute Gasteiger partial charge is 0.375 e. The molecule has 1 aromatic rings. The fourth-order valence-electron chi connectivity index (χ4n) is 1.71. The summed E-state index contributed by atoms with van der Waals surface area (Å²) in [6.07, 6.45) is -0.465. The van der Waals surface area contributed by atoms with Gasteiger partial charge in [0.2, 0.25) is 10.0 Å². The van der Waals surface area contributed by atoms with E-state index in [9.17, 15) is 12.8 Å². The van der Waals surface area contributed by atoms with Gasteiger partial charge in [-0.1, -0.05) is 0 Å². The first-order valence-corrected chi connectivity index (χ1v) is 9.44. The lowest BCUT2D eigenvalue weighted by Gasteiger charge is -2.17. The van der Waals surface area contributed by atoms with Crippen LogP contribution in [-0.2, 0) is 24.2 Å². The molecule has 0 unspecified atom stereocenters. The van der Waals surface area contributed by atoms with Gasteiger partial charge in [0.15, 0.2) is 6.29 Å². The molecule has 1 N–H and O–H groups in total. The van der Waals surface area contributed by atoms with Gasteiger partial charge < -0.3 is 14.2 Å². The highest BCUT2D eigenvalue weighted by molar-refractivity contribution is 9.10. The number of halogens is 2. The molecule has 6 nitrogen and oxygen atoms in total. The molecule has 0 fully saturated rings. The zero-order chi connectivity index (χ0) is 17.3. The second-order valence-electron chi connectivity index (χ2n) is 4.39. The second-order valence-corrected chi connectivity index (χ2v) is 6.98. The van der Waals surface area contributed by atoms with Gasteiger partial charge in [-0.3, -0.25) is 0 Å². The molecule has 0 aromatic heterocycles. The molecule has 0 aliphatic rings. The number of hydrogen-bond donors (Lipinski definition) is 1. The summed E-state index contributed by atoms with van der Waals surface area (Å²) in [5, 5.41) is 0. The van der Waals surface area contributed by atoms with Crippen molar-refractivity contribution >= 4 is 26.0 Å². The first-order chi connectivity index (χ1) is 10.9. The van der Waals surface area contributed by atoms with E-state index in [1.165, 1.54) is 6.07 Å². The SMILES string of the molecule is CCOC(COCCNS(=O)(=O)c1ccc(F)cc1Br)OCC. The van der Waals surface area contributed by atoms with Crippen LogP contribution in [0.25, 0.3) is 0 Å². The van der Waals surface area contributed by atoms with Crippen molar-refractivity contribution in [2.45, 2.75) is 25.0 Å². The van der Waals surface area contributed by atoms with Gasteiger partial charge in [-0.15, -0.1) is 0 Å². The minimum Gasteiger partial charge on any atom is -0.375 e. The van der Waals surface area contributed by atoms with Gasteiger partial charge in [-0.25, -0.2) is 17.5 Å². The monoisotopic (exact) mass is 413 g/mol. The summed E-state index contributed by atoms with van der Waals surface area (Å²) >= 11 is 3.04. The lowest BCUT2D eigenvalue weighted by molar-refractivity contribution is -0.166. The molecule has 1 rings (SSSR count). The van der Waals surface area contributed by atoms with Crippen LogP contribution in [0.3, 0.4) is 0 Å². The van der Waals surface area contributed by atoms with Crippen molar-refractivity contribution in [2.75, 3.05) is 33.0 Å². The maximum atomic E-state index is 13.0. The summed E-state index contributed by atoms with van der Waals surface area (Å²) in [7, 11) is -3.73. The van der Waals surface area contributed by atoms with Crippen molar-refractivity contribution in [2.24, 2.45) is 0 Å². The summed E-state index contributed by atoms with van der Waals surface area (Å²) in [5.41, 5.74) is 0. The molecule has 0 heterocycles. The van der Waals surface area contributed by atoms with E-state index >= 15 is 0 Å². The maximum Gasteiger partial charge on any atom is 0.241 e. The molecule has 0 spiro atoms. The number of sulfonamides is 1. The number of ether oxygens (including phenoxy) is 3. The molecule has 0 atom stereocenters. The van der Waals surface area contributed by atoms with Crippen LogP contribution in [0.5, 0.6) is 0 Å². The van der Waals surface area contributed by atoms with E-state index in [0.717, 1.165) is 12.1 Å². The third-order valence-electron chi connectivity index (χ3n) is 2.68. The Labute approximate surface area is 144 Å². The van der Waals surface area contributed by atoms with Gasteiger partial charge in [-0.2, -0.15) is 0 Å². The van der Waals surface area contributed by atoms with Crippen molar-refractivity contribution in [1.82, 2.24) is 4.72 Å². The highest BCUT2D eigenvalue weighted by Gasteiger charge is 2.17. The summed E-state index contributed by atoms with van der Waals surface area (Å²) in [4.78, 5) is -0.0274. The molecule has 1 aromatic carbocycles. The molecule has 132 valence electrons. The van der Waals surface area contributed by atoms with E-state index in [2.05, 4.69) is 20.7 Å². The topological polar surface area (TPSA) is 73.9 Å². The Balaban J connectivity index is 2.42. The van der Waals surface area contributed by atoms with Crippen molar-refractivity contribution < 1.29 is 27.0 Å². The van der Waals surface area contributed by atoms with Crippen molar-refractivity contribution in [3.8, 4) is 0 Å². The van der Waals surface area contributed by atoms with Crippen LogP contribution in [0.4, 0.5) is 4.39 Å². The molecule has 9 heteroatoms. The molecule has 0 amide bonds. The molecule has 0 aliphatic heterocycles. The summed E-state index contributed by atoms with van der Waals surface area (Å²) in [6.45, 7) is 5.15. The van der Waals surface area contributed by atoms with E-state index < -0.39 is 22.1 Å². The predicted octanol–water partition coefficient (Wildman–Crippen LogP) is 2.28. The molecular weight excluding hydrogens is 393 g/mol. The first kappa shape index (κ1) is 20.5. The molecule has 0 saturated carbocycles. The van der Waals surface area contributed by atoms with Crippen LogP contribution in [0.15, 0.2) is 27.6 Å². The van der Waals surface area contributed by atoms with Gasteiger partial charge in [0.05, 0.1) is 18.1 Å². The molecule has 0 bridgehead atoms. The summed E-state index contributed by atoms with van der Waals surface area (Å²) in [6, 6.07) is 3.38. The van der Waals surface area contributed by atoms with Crippen LogP contribution in [0, 0.1) is 5.82 Å². The van der Waals surface area contributed by atoms with Gasteiger partial charge in [0.25, 0.3) is 0 Å². The Hall–Kier alpha value is -0.580. The van der Waals surface area contributed by atoms with Crippen LogP contribution in [-0.4, -0.2) is 47.7 Å². The fourth-order valence-corrected chi connectivity index (χ4v) is 3.78. The van der Waals surface area contributed by atoms with Crippen molar-refractivity contribution in [3.05, 3.63) is 28.5 Å². The Kier molecular flexibility index (Phi) is 9.18. The van der Waals surface area contributed by atoms with Crippen LogP contribution in [0.2, 0.25) is 0 Å². The van der Waals surface area contributed by atoms with Crippen LogP contribution < -0.4 is 4.72 Å². The molecule has 0 saturated heterocycles. The van der Waals surface area contributed by atoms with E-state index in [4.69, 9.17) is 14.2 Å². The quantitative estimate of drug-likeness (QED) is 0.444. The number of benzene rings is 1. The Morgan fingerprint density at radius 3 is 2.48 bits per heavy atom. The normalized spacial score (nSPS) is 12.0. The smallest absolute Gasteiger partial charge is 0.241 e. The zero-order valence-corrected chi connectivity index (χ0v) is 15.5. The third-order valence-corrected chi connectivity index (χ3v) is 5.12. The second kappa shape index (κ2) is 10.3. The average Bonchev–Trinajstić information content (AvgIpc) is 2.46. The Bertz CT molecular complexity index is 579. The van der Waals surface area contributed by atoms with E-state index in [-0.39, 0.29) is 29.1 Å².